The Morgan fingerprint density at radius 3 is 2.67 bits per heavy atom. The van der Waals surface area contributed by atoms with Crippen LogP contribution in [0, 0.1) is 24.2 Å². The van der Waals surface area contributed by atoms with Crippen LogP contribution in [0.4, 0.5) is 20.3 Å². The Hall–Kier alpha value is -3.97. The monoisotopic (exact) mass is 632 g/mol. The van der Waals surface area contributed by atoms with E-state index in [1.807, 2.05) is 18.2 Å². The topological polar surface area (TPSA) is 66.2 Å². The Morgan fingerprint density at radius 2 is 1.93 bits per heavy atom. The molecule has 3 aromatic rings. The normalized spacial score (nSPS) is 24.4. The fourth-order valence-electron chi connectivity index (χ4n) is 7.79. The highest BCUT2D eigenvalue weighted by molar-refractivity contribution is 6.36. The van der Waals surface area contributed by atoms with Crippen LogP contribution < -0.4 is 14.5 Å². The maximum atomic E-state index is 14.6. The number of benzene rings is 2. The van der Waals surface area contributed by atoms with Crippen molar-refractivity contribution < 1.29 is 18.3 Å². The second-order valence-electron chi connectivity index (χ2n) is 12.7. The van der Waals surface area contributed by atoms with Gasteiger partial charge in [0.15, 0.2) is 5.83 Å². The lowest BCUT2D eigenvalue weighted by atomic mass is 9.69. The van der Waals surface area contributed by atoms with Gasteiger partial charge in [0.2, 0.25) is 6.54 Å². The fourth-order valence-corrected chi connectivity index (χ4v) is 8.06. The summed E-state index contributed by atoms with van der Waals surface area (Å²) in [6.07, 6.45) is 6.52. The molecule has 2 aromatic carbocycles. The quantitative estimate of drug-likeness (QED) is 0.233. The van der Waals surface area contributed by atoms with Crippen LogP contribution in [-0.4, -0.2) is 65.6 Å². The van der Waals surface area contributed by atoms with E-state index in [0.29, 0.717) is 55.8 Å². The number of aromatic nitrogens is 2. The zero-order valence-corrected chi connectivity index (χ0v) is 25.8. The number of anilines is 2. The van der Waals surface area contributed by atoms with Crippen LogP contribution in [0.1, 0.15) is 43.4 Å². The predicted molar refractivity (Wildman–Crippen MR) is 170 cm³/mol. The summed E-state index contributed by atoms with van der Waals surface area (Å²) in [5, 5.41) is 1.63. The van der Waals surface area contributed by atoms with Crippen molar-refractivity contribution in [2.75, 3.05) is 42.5 Å². The molecule has 0 radical (unpaired) electrons. The van der Waals surface area contributed by atoms with Gasteiger partial charge in [-0.2, -0.15) is 9.97 Å². The lowest BCUT2D eigenvalue weighted by molar-refractivity contribution is -0.131. The number of piperazine rings is 1. The van der Waals surface area contributed by atoms with Gasteiger partial charge in [-0.3, -0.25) is 4.79 Å². The van der Waals surface area contributed by atoms with Crippen LogP contribution in [0.2, 0.25) is 5.02 Å². The molecule has 11 heteroatoms. The number of ether oxygens (including phenoxy) is 1. The van der Waals surface area contributed by atoms with E-state index < -0.39 is 23.6 Å². The Labute approximate surface area is 266 Å². The number of hydrogen-bond acceptors (Lipinski definition) is 6. The van der Waals surface area contributed by atoms with Crippen LogP contribution >= 0.6 is 11.6 Å². The lowest BCUT2D eigenvalue weighted by Crippen LogP contribution is -2.57. The van der Waals surface area contributed by atoms with Crippen LogP contribution in [-0.2, 0) is 17.8 Å². The van der Waals surface area contributed by atoms with Crippen molar-refractivity contribution in [3.05, 3.63) is 76.3 Å². The Bertz CT molecular complexity index is 1700. The second-order valence-corrected chi connectivity index (χ2v) is 13.1. The van der Waals surface area contributed by atoms with E-state index in [-0.39, 0.29) is 24.2 Å². The summed E-state index contributed by atoms with van der Waals surface area (Å²) in [6, 6.07) is 8.79. The van der Waals surface area contributed by atoms with Gasteiger partial charge in [0.25, 0.3) is 5.91 Å². The minimum Gasteiger partial charge on any atom is -0.460 e. The molecule has 1 aromatic heterocycles. The molecule has 2 atom stereocenters. The van der Waals surface area contributed by atoms with Crippen LogP contribution in [0.5, 0.6) is 6.01 Å². The van der Waals surface area contributed by atoms with Gasteiger partial charge in [-0.25, -0.2) is 15.4 Å². The van der Waals surface area contributed by atoms with Crippen molar-refractivity contribution in [2.45, 2.75) is 57.2 Å². The van der Waals surface area contributed by atoms with Gasteiger partial charge in [-0.1, -0.05) is 36.4 Å². The molecule has 1 unspecified atom stereocenters. The summed E-state index contributed by atoms with van der Waals surface area (Å²) in [5.41, 5.74) is 2.65. The van der Waals surface area contributed by atoms with Crippen molar-refractivity contribution in [3.63, 3.8) is 0 Å². The number of rotatable bonds is 6. The van der Waals surface area contributed by atoms with Gasteiger partial charge in [0.05, 0.1) is 17.3 Å². The first-order valence-electron chi connectivity index (χ1n) is 15.7. The molecule has 3 heterocycles. The molecule has 3 saturated carbocycles. The fraction of sp³-hybridized carbons (Fsp3) is 0.471. The van der Waals surface area contributed by atoms with Gasteiger partial charge < -0.3 is 24.3 Å². The van der Waals surface area contributed by atoms with Gasteiger partial charge in [0.1, 0.15) is 23.8 Å². The van der Waals surface area contributed by atoms with Crippen molar-refractivity contribution in [1.29, 1.82) is 0 Å². The van der Waals surface area contributed by atoms with E-state index in [1.54, 1.807) is 6.07 Å². The number of halogens is 3. The molecule has 0 N–H and O–H groups in total. The molecule has 4 fully saturated rings. The van der Waals surface area contributed by atoms with Crippen molar-refractivity contribution in [1.82, 2.24) is 14.9 Å². The molecular formula is C34H35ClF2N6O2. The summed E-state index contributed by atoms with van der Waals surface area (Å²) in [6.45, 7) is 12.8. The zero-order valence-electron chi connectivity index (χ0n) is 25.0. The summed E-state index contributed by atoms with van der Waals surface area (Å²) >= 11 is 6.50. The minimum atomic E-state index is -1.02. The van der Waals surface area contributed by atoms with Gasteiger partial charge >= 0.3 is 6.01 Å². The van der Waals surface area contributed by atoms with Crippen LogP contribution in [0.25, 0.3) is 15.6 Å². The number of nitrogens with zero attached hydrogens (tertiary/aromatic N) is 6. The van der Waals surface area contributed by atoms with Crippen LogP contribution in [0.15, 0.2) is 42.7 Å². The third-order valence-corrected chi connectivity index (χ3v) is 10.5. The summed E-state index contributed by atoms with van der Waals surface area (Å²) < 4.78 is 35.0. The molecular weight excluding hydrogens is 598 g/mol. The highest BCUT2D eigenvalue weighted by Crippen LogP contribution is 2.43. The van der Waals surface area contributed by atoms with E-state index in [2.05, 4.69) is 21.2 Å². The molecule has 234 valence electrons. The van der Waals surface area contributed by atoms with E-state index in [9.17, 15) is 13.6 Å². The maximum absolute atomic E-state index is 14.6. The highest BCUT2D eigenvalue weighted by atomic mass is 35.5. The standard InChI is InChI=1S/C34H35ClF2N6O2/c1-20(36)33(44)43-15-14-42(18-24(43)17-38-2)32-25-12-13-41(28-5-3-4-23-10-11-26(37)31(35)30(23)28)19-27(25)39-34(40-32)45-29-16-21-6-8-22(29)9-7-21/h3-5,10-11,21-22,24,29H,1,6-9,12-19H2/t21?,22?,24-,29?/m0/s1. The van der Waals surface area contributed by atoms with Crippen molar-refractivity contribution >= 4 is 39.8 Å². The average molecular weight is 633 g/mol. The molecule has 2 bridgehead atoms. The third-order valence-electron chi connectivity index (χ3n) is 10.1. The second kappa shape index (κ2) is 12.1. The first kappa shape index (κ1) is 29.7. The predicted octanol–water partition coefficient (Wildman–Crippen LogP) is 6.36. The first-order valence-corrected chi connectivity index (χ1v) is 16.1. The Kier molecular flexibility index (Phi) is 7.98. The van der Waals surface area contributed by atoms with E-state index in [0.717, 1.165) is 47.4 Å². The van der Waals surface area contributed by atoms with E-state index in [1.165, 1.54) is 23.8 Å². The number of fused-ring (bicyclic) bond motifs is 5. The molecule has 3 aliphatic carbocycles. The molecule has 8 rings (SSSR count). The average Bonchev–Trinajstić information content (AvgIpc) is 3.06. The van der Waals surface area contributed by atoms with Crippen molar-refractivity contribution in [3.8, 4) is 6.01 Å². The van der Waals surface area contributed by atoms with E-state index >= 15 is 0 Å². The molecule has 1 saturated heterocycles. The summed E-state index contributed by atoms with van der Waals surface area (Å²) in [5.74, 6) is -0.352. The SMILES string of the molecule is [C-]#[N+]C[C@H]1CN(c2nc(OC3CC4CCC3CC4)nc3c2CCN(c2cccc4ccc(F)c(Cl)c24)C3)CCN1C(=O)C(=C)F. The highest BCUT2D eigenvalue weighted by Gasteiger charge is 2.39. The molecule has 1 amide bonds. The number of amides is 1. The molecule has 5 aliphatic rings. The summed E-state index contributed by atoms with van der Waals surface area (Å²) in [4.78, 5) is 31.7. The third kappa shape index (κ3) is 5.56. The summed E-state index contributed by atoms with van der Waals surface area (Å²) in [7, 11) is 0. The molecule has 2 aliphatic heterocycles. The molecule has 8 nitrogen and oxygen atoms in total. The van der Waals surface area contributed by atoms with Gasteiger partial charge in [-0.05, 0) is 67.9 Å². The van der Waals surface area contributed by atoms with Crippen molar-refractivity contribution in [2.24, 2.45) is 11.8 Å². The molecule has 0 spiro atoms. The number of carbonyl (C=O) groups is 1. The number of carbonyl (C=O) groups excluding carboxylic acids is 1. The van der Waals surface area contributed by atoms with Gasteiger partial charge in [0, 0.05) is 42.8 Å². The maximum Gasteiger partial charge on any atom is 0.318 e. The Morgan fingerprint density at radius 1 is 1.11 bits per heavy atom. The smallest absolute Gasteiger partial charge is 0.318 e. The first-order chi connectivity index (χ1) is 21.8. The minimum absolute atomic E-state index is 0.0451. The zero-order chi connectivity index (χ0) is 31.2. The van der Waals surface area contributed by atoms with Gasteiger partial charge in [-0.15, -0.1) is 0 Å². The largest absolute Gasteiger partial charge is 0.460 e. The van der Waals surface area contributed by atoms with E-state index in [4.69, 9.17) is 32.9 Å². The van der Waals surface area contributed by atoms with Crippen LogP contribution in [0.3, 0.4) is 0 Å². The number of hydrogen-bond donors (Lipinski definition) is 0. The Balaban J connectivity index is 1.25. The molecule has 45 heavy (non-hydrogen) atoms. The lowest BCUT2D eigenvalue weighted by Gasteiger charge is -2.42.